The largest absolute Gasteiger partial charge is 0.391 e. The first-order valence-corrected chi connectivity index (χ1v) is 3.49. The van der Waals surface area contributed by atoms with Gasteiger partial charge in [0.1, 0.15) is 18.3 Å². The zero-order valence-corrected chi connectivity index (χ0v) is 6.21. The zero-order chi connectivity index (χ0) is 8.59. The molecule has 0 aliphatic carbocycles. The van der Waals surface area contributed by atoms with E-state index in [1.807, 2.05) is 0 Å². The molecule has 0 saturated carbocycles. The van der Waals surface area contributed by atoms with Crippen molar-refractivity contribution in [2.75, 3.05) is 0 Å². The molecule has 0 bridgehead atoms. The normalized spacial score (nSPS) is 47.7. The molecule has 11 heavy (non-hydrogen) atoms. The van der Waals surface area contributed by atoms with Gasteiger partial charge in [-0.1, -0.05) is 0 Å². The van der Waals surface area contributed by atoms with E-state index in [2.05, 4.69) is 0 Å². The van der Waals surface area contributed by atoms with Gasteiger partial charge >= 0.3 is 0 Å². The van der Waals surface area contributed by atoms with E-state index in [4.69, 9.17) is 21.9 Å². The van der Waals surface area contributed by atoms with Gasteiger partial charge in [0.25, 0.3) is 0 Å². The highest BCUT2D eigenvalue weighted by Gasteiger charge is 2.42. The average molecular weight is 160 g/mol. The van der Waals surface area contributed by atoms with Crippen LogP contribution in [0.3, 0.4) is 0 Å². The number of ether oxygens (including phenoxy) is 1. The lowest BCUT2D eigenvalue weighted by Gasteiger charge is -2.16. The van der Waals surface area contributed by atoms with Crippen molar-refractivity contribution >= 4 is 0 Å². The minimum Gasteiger partial charge on any atom is -0.391 e. The quantitative estimate of drug-likeness (QED) is 0.439. The molecule has 1 fully saturated rings. The number of hydrogen-bond donors (Lipinski definition) is 3. The Bertz CT molecular complexity index is 136. The molecule has 2 radical (unpaired) electrons. The number of aliphatic hydroxyl groups is 3. The molecule has 5 atom stereocenters. The Hall–Kier alpha value is -0.160. The molecular weight excluding hydrogens is 148 g/mol. The van der Waals surface area contributed by atoms with Crippen LogP contribution in [0.1, 0.15) is 6.92 Å². The highest BCUT2D eigenvalue weighted by molar-refractivity contribution is 4.93. The molecule has 0 aromatic carbocycles. The maximum Gasteiger partial charge on any atom is 0.112 e. The zero-order valence-electron chi connectivity index (χ0n) is 6.21. The van der Waals surface area contributed by atoms with Gasteiger partial charge in [-0.3, -0.25) is 0 Å². The molecule has 1 aliphatic heterocycles. The maximum absolute atomic E-state index is 9.18. The number of rotatable bonds is 1. The molecule has 4 heteroatoms. The minimum absolute atomic E-state index is 0.778. The van der Waals surface area contributed by atoms with E-state index in [0.717, 1.165) is 0 Å². The summed E-state index contributed by atoms with van der Waals surface area (Å²) in [6.07, 6.45) is -4.70. The van der Waals surface area contributed by atoms with Crippen LogP contribution >= 0.6 is 0 Å². The third-order valence-electron chi connectivity index (χ3n) is 1.81. The average Bonchev–Trinajstić information content (AvgIpc) is 2.17. The predicted octanol–water partition coefficient (Wildman–Crippen LogP) is -1.43. The summed E-state index contributed by atoms with van der Waals surface area (Å²) in [6.45, 7) is 6.72. The van der Waals surface area contributed by atoms with Crippen LogP contribution in [0.4, 0.5) is 0 Å². The highest BCUT2D eigenvalue weighted by Crippen LogP contribution is 2.22. The van der Waals surface area contributed by atoms with Crippen LogP contribution in [-0.2, 0) is 4.74 Å². The summed E-state index contributed by atoms with van der Waals surface area (Å²) in [7, 11) is 0. The Balaban J connectivity index is 2.59. The van der Waals surface area contributed by atoms with Crippen molar-refractivity contribution in [3.63, 3.8) is 0 Å². The lowest BCUT2D eigenvalue weighted by molar-refractivity contribution is -0.0508. The van der Waals surface area contributed by atoms with Crippen LogP contribution < -0.4 is 0 Å². The Labute approximate surface area is 65.4 Å². The predicted molar refractivity (Wildman–Crippen MR) is 36.7 cm³/mol. The molecular formula is C7H12O4. The summed E-state index contributed by atoms with van der Waals surface area (Å²) in [4.78, 5) is 0. The van der Waals surface area contributed by atoms with Crippen molar-refractivity contribution in [3.05, 3.63) is 6.92 Å². The van der Waals surface area contributed by atoms with Crippen molar-refractivity contribution in [3.8, 4) is 0 Å². The van der Waals surface area contributed by atoms with E-state index in [-0.39, 0.29) is 0 Å². The van der Waals surface area contributed by atoms with Crippen LogP contribution in [0, 0.1) is 6.92 Å². The first kappa shape index (κ1) is 8.93. The van der Waals surface area contributed by atoms with Crippen LogP contribution in [0.25, 0.3) is 0 Å². The molecule has 0 spiro atoms. The van der Waals surface area contributed by atoms with E-state index >= 15 is 0 Å². The Morgan fingerprint density at radius 3 is 2.09 bits per heavy atom. The van der Waals surface area contributed by atoms with Gasteiger partial charge in [-0.15, -0.1) is 0 Å². The highest BCUT2D eigenvalue weighted by atomic mass is 16.6. The van der Waals surface area contributed by atoms with Gasteiger partial charge in [-0.05, 0) is 13.8 Å². The second-order valence-electron chi connectivity index (χ2n) is 2.79. The monoisotopic (exact) mass is 160 g/mol. The molecule has 1 saturated heterocycles. The molecule has 3 N–H and O–H groups in total. The van der Waals surface area contributed by atoms with Gasteiger partial charge < -0.3 is 20.1 Å². The Kier molecular flexibility index (Phi) is 2.49. The molecule has 1 aliphatic rings. The van der Waals surface area contributed by atoms with Crippen LogP contribution in [0.15, 0.2) is 0 Å². The summed E-state index contributed by atoms with van der Waals surface area (Å²) in [6, 6.07) is 0. The van der Waals surface area contributed by atoms with Crippen molar-refractivity contribution in [2.45, 2.75) is 37.4 Å². The van der Waals surface area contributed by atoms with E-state index in [1.165, 1.54) is 6.92 Å². The fraction of sp³-hybridized carbons (Fsp3) is 0.857. The third kappa shape index (κ3) is 1.54. The summed E-state index contributed by atoms with van der Waals surface area (Å²) >= 11 is 0. The lowest BCUT2D eigenvalue weighted by atomic mass is 10.1. The van der Waals surface area contributed by atoms with E-state index < -0.39 is 30.5 Å². The summed E-state index contributed by atoms with van der Waals surface area (Å²) < 4.78 is 4.88. The first-order valence-electron chi connectivity index (χ1n) is 3.49. The van der Waals surface area contributed by atoms with Crippen molar-refractivity contribution in [1.82, 2.24) is 0 Å². The second kappa shape index (κ2) is 3.06. The Morgan fingerprint density at radius 2 is 1.91 bits per heavy atom. The third-order valence-corrected chi connectivity index (χ3v) is 1.81. The Morgan fingerprint density at radius 1 is 1.36 bits per heavy atom. The fourth-order valence-electron chi connectivity index (χ4n) is 1.13. The molecule has 64 valence electrons. The van der Waals surface area contributed by atoms with Gasteiger partial charge in [0.2, 0.25) is 0 Å². The van der Waals surface area contributed by atoms with Crippen molar-refractivity contribution < 1.29 is 20.1 Å². The fourth-order valence-corrected chi connectivity index (χ4v) is 1.13. The molecule has 0 amide bonds. The van der Waals surface area contributed by atoms with E-state index in [0.29, 0.717) is 0 Å². The lowest BCUT2D eigenvalue weighted by Crippen LogP contribution is -2.37. The van der Waals surface area contributed by atoms with Crippen LogP contribution in [0.2, 0.25) is 0 Å². The minimum atomic E-state index is -1.10. The van der Waals surface area contributed by atoms with E-state index in [9.17, 15) is 5.11 Å². The summed E-state index contributed by atoms with van der Waals surface area (Å²) in [5, 5.41) is 27.3. The second-order valence-corrected chi connectivity index (χ2v) is 2.79. The van der Waals surface area contributed by atoms with E-state index in [1.54, 1.807) is 0 Å². The van der Waals surface area contributed by atoms with Crippen LogP contribution in [0.5, 0.6) is 0 Å². The van der Waals surface area contributed by atoms with Crippen molar-refractivity contribution in [2.24, 2.45) is 0 Å². The van der Waals surface area contributed by atoms with Gasteiger partial charge in [-0.25, -0.2) is 0 Å². The van der Waals surface area contributed by atoms with Crippen LogP contribution in [-0.4, -0.2) is 45.8 Å². The summed E-state index contributed by atoms with van der Waals surface area (Å²) in [5.41, 5.74) is 0. The molecule has 4 nitrogen and oxygen atoms in total. The van der Waals surface area contributed by atoms with Gasteiger partial charge in [0.05, 0.1) is 12.2 Å². The van der Waals surface area contributed by atoms with Gasteiger partial charge in [-0.2, -0.15) is 0 Å². The first-order chi connectivity index (χ1) is 5.04. The van der Waals surface area contributed by atoms with Crippen molar-refractivity contribution in [1.29, 1.82) is 0 Å². The maximum atomic E-state index is 9.18. The molecule has 1 rings (SSSR count). The smallest absolute Gasteiger partial charge is 0.112 e. The molecule has 0 aromatic heterocycles. The molecule has 1 unspecified atom stereocenters. The topological polar surface area (TPSA) is 69.9 Å². The molecule has 0 aromatic rings. The standard InChI is InChI=1S/C7H12O4/c1-3(8)7-6(10)5(9)4(2)11-7/h2-10H,1H3/t3-,4-,5?,6+,7-/m0/s1. The number of aliphatic hydroxyl groups excluding tert-OH is 3. The summed E-state index contributed by atoms with van der Waals surface area (Å²) in [5.74, 6) is 0. The SMILES string of the molecule is [CH][C@@H]1O[C@@H]([C@H](C)O)[C@H](O)C1O. The number of hydrogen-bond acceptors (Lipinski definition) is 4. The molecule has 1 heterocycles. The van der Waals surface area contributed by atoms with Gasteiger partial charge in [0, 0.05) is 0 Å². The van der Waals surface area contributed by atoms with Gasteiger partial charge in [0.15, 0.2) is 0 Å².